The maximum Gasteiger partial charge on any atom is 0.322 e. The normalized spacial score (nSPS) is 18.1. The average molecular weight is 291 g/mol. The van der Waals surface area contributed by atoms with Crippen molar-refractivity contribution in [3.63, 3.8) is 0 Å². The number of anilines is 1. The molecule has 0 bridgehead atoms. The Bertz CT molecular complexity index is 459. The molecule has 0 radical (unpaired) electrons. The number of piperidine rings is 1. The van der Waals surface area contributed by atoms with Crippen molar-refractivity contribution in [2.75, 3.05) is 32.1 Å². The van der Waals surface area contributed by atoms with Gasteiger partial charge < -0.3 is 20.3 Å². The standard InChI is InChI=1S/C16H25N3O2/c1-3-10-19(14-7-5-9-17-12-14)16(20)18-13-6-4-8-15(11-13)21-2/h4,6,8,11,14,17H,3,5,7,9-10,12H2,1-2H3,(H,18,20). The van der Waals surface area contributed by atoms with E-state index in [2.05, 4.69) is 17.6 Å². The number of rotatable bonds is 5. The van der Waals surface area contributed by atoms with E-state index in [-0.39, 0.29) is 12.1 Å². The molecule has 0 spiro atoms. The number of benzene rings is 1. The number of ether oxygens (including phenoxy) is 1. The fraction of sp³-hybridized carbons (Fsp3) is 0.562. The van der Waals surface area contributed by atoms with E-state index in [0.717, 1.165) is 50.3 Å². The molecule has 1 fully saturated rings. The number of amides is 2. The summed E-state index contributed by atoms with van der Waals surface area (Å²) in [5.41, 5.74) is 0.768. The molecular weight excluding hydrogens is 266 g/mol. The minimum absolute atomic E-state index is 0.0289. The third kappa shape index (κ3) is 4.36. The first-order valence-corrected chi connectivity index (χ1v) is 7.67. The second kappa shape index (κ2) is 7.88. The van der Waals surface area contributed by atoms with Crippen LogP contribution in [-0.4, -0.2) is 43.7 Å². The summed E-state index contributed by atoms with van der Waals surface area (Å²) >= 11 is 0. The summed E-state index contributed by atoms with van der Waals surface area (Å²) in [5.74, 6) is 0.745. The Morgan fingerprint density at radius 2 is 2.38 bits per heavy atom. The summed E-state index contributed by atoms with van der Waals surface area (Å²) in [4.78, 5) is 14.5. The first-order valence-electron chi connectivity index (χ1n) is 7.67. The molecule has 1 unspecified atom stereocenters. The van der Waals surface area contributed by atoms with Crippen LogP contribution in [0.25, 0.3) is 0 Å². The molecule has 1 aliphatic rings. The zero-order chi connectivity index (χ0) is 15.1. The van der Waals surface area contributed by atoms with E-state index in [4.69, 9.17) is 4.74 Å². The van der Waals surface area contributed by atoms with Crippen LogP contribution in [0.3, 0.4) is 0 Å². The summed E-state index contributed by atoms with van der Waals surface area (Å²) in [6.07, 6.45) is 3.15. The van der Waals surface area contributed by atoms with Crippen molar-refractivity contribution in [3.05, 3.63) is 24.3 Å². The first kappa shape index (κ1) is 15.6. The number of hydrogen-bond acceptors (Lipinski definition) is 3. The zero-order valence-electron chi connectivity index (χ0n) is 12.9. The van der Waals surface area contributed by atoms with Crippen molar-refractivity contribution in [2.24, 2.45) is 0 Å². The molecule has 1 heterocycles. The highest BCUT2D eigenvalue weighted by atomic mass is 16.5. The summed E-state index contributed by atoms with van der Waals surface area (Å²) in [6, 6.07) is 7.71. The number of methoxy groups -OCH3 is 1. The lowest BCUT2D eigenvalue weighted by Crippen LogP contribution is -2.50. The second-order valence-electron chi connectivity index (χ2n) is 5.36. The highest BCUT2D eigenvalue weighted by Crippen LogP contribution is 2.18. The Kier molecular flexibility index (Phi) is 5.87. The minimum atomic E-state index is -0.0289. The van der Waals surface area contributed by atoms with Crippen LogP contribution >= 0.6 is 0 Å². The number of hydrogen-bond donors (Lipinski definition) is 2. The highest BCUT2D eigenvalue weighted by molar-refractivity contribution is 5.89. The van der Waals surface area contributed by atoms with Gasteiger partial charge in [0.2, 0.25) is 0 Å². The Hall–Kier alpha value is -1.75. The lowest BCUT2D eigenvalue weighted by molar-refractivity contribution is 0.173. The molecule has 5 heteroatoms. The third-order valence-corrected chi connectivity index (χ3v) is 3.76. The quantitative estimate of drug-likeness (QED) is 0.877. The number of urea groups is 1. The highest BCUT2D eigenvalue weighted by Gasteiger charge is 2.24. The molecule has 1 saturated heterocycles. The van der Waals surface area contributed by atoms with E-state index < -0.39 is 0 Å². The Morgan fingerprint density at radius 1 is 1.52 bits per heavy atom. The summed E-state index contributed by atoms with van der Waals surface area (Å²) in [5, 5.41) is 6.35. The van der Waals surface area contributed by atoms with Crippen molar-refractivity contribution >= 4 is 11.7 Å². The molecular formula is C16H25N3O2. The molecule has 5 nitrogen and oxygen atoms in total. The first-order chi connectivity index (χ1) is 10.2. The van der Waals surface area contributed by atoms with Crippen molar-refractivity contribution in [2.45, 2.75) is 32.2 Å². The lowest BCUT2D eigenvalue weighted by atomic mass is 10.1. The molecule has 1 aromatic rings. The fourth-order valence-electron chi connectivity index (χ4n) is 2.69. The molecule has 0 aliphatic carbocycles. The van der Waals surface area contributed by atoms with Crippen LogP contribution in [0.5, 0.6) is 5.75 Å². The number of carbonyl (C=O) groups excluding carboxylic acids is 1. The van der Waals surface area contributed by atoms with Gasteiger partial charge in [-0.05, 0) is 37.9 Å². The molecule has 116 valence electrons. The fourth-order valence-corrected chi connectivity index (χ4v) is 2.69. The van der Waals surface area contributed by atoms with Gasteiger partial charge in [-0.3, -0.25) is 0 Å². The Balaban J connectivity index is 2.03. The molecule has 2 rings (SSSR count). The molecule has 1 aliphatic heterocycles. The van der Waals surface area contributed by atoms with Gasteiger partial charge in [-0.1, -0.05) is 13.0 Å². The van der Waals surface area contributed by atoms with E-state index in [9.17, 15) is 4.79 Å². The van der Waals surface area contributed by atoms with Gasteiger partial charge >= 0.3 is 6.03 Å². The van der Waals surface area contributed by atoms with Gasteiger partial charge in [0.15, 0.2) is 0 Å². The van der Waals surface area contributed by atoms with Gasteiger partial charge in [0.1, 0.15) is 5.75 Å². The predicted octanol–water partition coefficient (Wildman–Crippen LogP) is 2.69. The van der Waals surface area contributed by atoms with Crippen LogP contribution in [0.4, 0.5) is 10.5 Å². The topological polar surface area (TPSA) is 53.6 Å². The zero-order valence-corrected chi connectivity index (χ0v) is 12.9. The molecule has 21 heavy (non-hydrogen) atoms. The molecule has 0 aromatic heterocycles. The summed E-state index contributed by atoms with van der Waals surface area (Å²) < 4.78 is 5.19. The van der Waals surface area contributed by atoms with E-state index in [1.54, 1.807) is 7.11 Å². The summed E-state index contributed by atoms with van der Waals surface area (Å²) in [6.45, 7) is 4.81. The van der Waals surface area contributed by atoms with Gasteiger partial charge in [-0.2, -0.15) is 0 Å². The summed E-state index contributed by atoms with van der Waals surface area (Å²) in [7, 11) is 1.62. The average Bonchev–Trinajstić information content (AvgIpc) is 2.53. The lowest BCUT2D eigenvalue weighted by Gasteiger charge is -2.34. The second-order valence-corrected chi connectivity index (χ2v) is 5.36. The van der Waals surface area contributed by atoms with Gasteiger partial charge in [-0.25, -0.2) is 4.79 Å². The largest absolute Gasteiger partial charge is 0.497 e. The van der Waals surface area contributed by atoms with Crippen LogP contribution in [0.2, 0.25) is 0 Å². The maximum atomic E-state index is 12.5. The minimum Gasteiger partial charge on any atom is -0.497 e. The van der Waals surface area contributed by atoms with Crippen LogP contribution in [-0.2, 0) is 0 Å². The Labute approximate surface area is 126 Å². The number of carbonyl (C=O) groups is 1. The van der Waals surface area contributed by atoms with E-state index in [0.29, 0.717) is 0 Å². The van der Waals surface area contributed by atoms with Crippen LogP contribution in [0.15, 0.2) is 24.3 Å². The van der Waals surface area contributed by atoms with E-state index in [1.807, 2.05) is 29.2 Å². The monoisotopic (exact) mass is 291 g/mol. The molecule has 2 N–H and O–H groups in total. The van der Waals surface area contributed by atoms with E-state index >= 15 is 0 Å². The van der Waals surface area contributed by atoms with Gasteiger partial charge in [0.05, 0.1) is 7.11 Å². The van der Waals surface area contributed by atoms with Crippen molar-refractivity contribution < 1.29 is 9.53 Å². The third-order valence-electron chi connectivity index (χ3n) is 3.76. The van der Waals surface area contributed by atoms with Gasteiger partial charge in [0, 0.05) is 30.9 Å². The van der Waals surface area contributed by atoms with Crippen LogP contribution in [0.1, 0.15) is 26.2 Å². The van der Waals surface area contributed by atoms with Crippen molar-refractivity contribution in [3.8, 4) is 5.75 Å². The van der Waals surface area contributed by atoms with Crippen LogP contribution < -0.4 is 15.4 Å². The molecule has 0 saturated carbocycles. The smallest absolute Gasteiger partial charge is 0.322 e. The predicted molar refractivity (Wildman–Crippen MR) is 84.9 cm³/mol. The van der Waals surface area contributed by atoms with E-state index in [1.165, 1.54) is 0 Å². The SMILES string of the molecule is CCCN(C(=O)Nc1cccc(OC)c1)C1CCCNC1. The molecule has 2 amide bonds. The maximum absolute atomic E-state index is 12.5. The van der Waals surface area contributed by atoms with Crippen molar-refractivity contribution in [1.29, 1.82) is 0 Å². The van der Waals surface area contributed by atoms with Gasteiger partial charge in [0.25, 0.3) is 0 Å². The van der Waals surface area contributed by atoms with Crippen molar-refractivity contribution in [1.82, 2.24) is 10.2 Å². The van der Waals surface area contributed by atoms with Crippen LogP contribution in [0, 0.1) is 0 Å². The number of nitrogens with one attached hydrogen (secondary N) is 2. The molecule has 1 atom stereocenters. The number of nitrogens with zero attached hydrogens (tertiary/aromatic N) is 1. The molecule has 1 aromatic carbocycles. The Morgan fingerprint density at radius 3 is 3.05 bits per heavy atom. The van der Waals surface area contributed by atoms with Gasteiger partial charge in [-0.15, -0.1) is 0 Å².